The molecule has 0 radical (unpaired) electrons. The molecule has 0 saturated heterocycles. The lowest BCUT2D eigenvalue weighted by molar-refractivity contribution is 0.111. The maximum absolute atomic E-state index is 12.1. The van der Waals surface area contributed by atoms with Gasteiger partial charge in [-0.05, 0) is 15.9 Å². The average molecular weight is 252 g/mol. The predicted octanol–water partition coefficient (Wildman–Crippen LogP) is 2.30. The van der Waals surface area contributed by atoms with Crippen LogP contribution in [0.15, 0.2) is 10.7 Å². The van der Waals surface area contributed by atoms with Gasteiger partial charge in [0.2, 0.25) is 0 Å². The summed E-state index contributed by atoms with van der Waals surface area (Å²) in [5.74, 6) is -0.778. The maximum atomic E-state index is 12.1. The fourth-order valence-corrected chi connectivity index (χ4v) is 1.16. The summed E-state index contributed by atoms with van der Waals surface area (Å²) in [7, 11) is 0. The summed E-state index contributed by atoms with van der Waals surface area (Å²) in [5, 5.41) is 9.14. The third-order valence-electron chi connectivity index (χ3n) is 1.40. The Hall–Kier alpha value is -1.04. The average Bonchev–Trinajstić information content (AvgIpc) is 2.04. The summed E-state index contributed by atoms with van der Waals surface area (Å²) in [6.07, 6.45) is -1.57. The van der Waals surface area contributed by atoms with Crippen molar-refractivity contribution in [3.05, 3.63) is 21.9 Å². The van der Waals surface area contributed by atoms with Gasteiger partial charge in [0, 0.05) is 6.20 Å². The van der Waals surface area contributed by atoms with Crippen molar-refractivity contribution in [1.29, 1.82) is 0 Å². The number of pyridine rings is 1. The summed E-state index contributed by atoms with van der Waals surface area (Å²) in [4.78, 5) is 13.6. The van der Waals surface area contributed by atoms with E-state index in [1.165, 1.54) is 0 Å². The van der Waals surface area contributed by atoms with Gasteiger partial charge in [-0.25, -0.2) is 8.78 Å². The van der Waals surface area contributed by atoms with Crippen molar-refractivity contribution in [1.82, 2.24) is 4.98 Å². The molecule has 0 amide bonds. The molecule has 6 heteroatoms. The van der Waals surface area contributed by atoms with Gasteiger partial charge in [-0.1, -0.05) is 0 Å². The van der Waals surface area contributed by atoms with E-state index in [2.05, 4.69) is 20.9 Å². The van der Waals surface area contributed by atoms with Gasteiger partial charge in [-0.15, -0.1) is 0 Å². The highest BCUT2D eigenvalue weighted by atomic mass is 79.9. The van der Waals surface area contributed by atoms with Crippen molar-refractivity contribution in [3.8, 4) is 5.75 Å². The van der Waals surface area contributed by atoms with Crippen LogP contribution in [-0.2, 0) is 0 Å². The van der Waals surface area contributed by atoms with E-state index < -0.39 is 17.9 Å². The van der Waals surface area contributed by atoms with Crippen LogP contribution in [0.25, 0.3) is 0 Å². The molecule has 0 aliphatic heterocycles. The molecule has 1 N–H and O–H groups in total. The Bertz CT molecular complexity index is 344. The van der Waals surface area contributed by atoms with E-state index in [1.807, 2.05) is 0 Å². The number of aromatic nitrogens is 1. The predicted molar refractivity (Wildman–Crippen MR) is 43.9 cm³/mol. The number of alkyl halides is 2. The molecule has 1 aromatic rings. The first-order valence-electron chi connectivity index (χ1n) is 3.18. The lowest BCUT2D eigenvalue weighted by atomic mass is 10.2. The number of nitrogens with zero attached hydrogens (tertiary/aromatic N) is 1. The van der Waals surface area contributed by atoms with Gasteiger partial charge < -0.3 is 5.11 Å². The summed E-state index contributed by atoms with van der Waals surface area (Å²) in [6, 6.07) is 0. The second-order valence-corrected chi connectivity index (χ2v) is 3.03. The van der Waals surface area contributed by atoms with Crippen LogP contribution in [0.4, 0.5) is 8.78 Å². The highest BCUT2D eigenvalue weighted by Crippen LogP contribution is 2.31. The highest BCUT2D eigenvalue weighted by molar-refractivity contribution is 9.10. The van der Waals surface area contributed by atoms with Crippen molar-refractivity contribution >= 4 is 22.2 Å². The van der Waals surface area contributed by atoms with Gasteiger partial charge in [-0.3, -0.25) is 9.78 Å². The van der Waals surface area contributed by atoms with E-state index in [9.17, 15) is 13.6 Å². The molecule has 0 fully saturated rings. The first kappa shape index (κ1) is 10.0. The lowest BCUT2D eigenvalue weighted by Crippen LogP contribution is -1.95. The number of hydrogen-bond acceptors (Lipinski definition) is 3. The van der Waals surface area contributed by atoms with Gasteiger partial charge in [0.25, 0.3) is 6.43 Å². The van der Waals surface area contributed by atoms with Gasteiger partial charge >= 0.3 is 0 Å². The molecule has 0 bridgehead atoms. The van der Waals surface area contributed by atoms with Crippen molar-refractivity contribution in [2.45, 2.75) is 6.43 Å². The maximum Gasteiger partial charge on any atom is 0.284 e. The number of carbonyl (C=O) groups excluding carboxylic acids is 1. The van der Waals surface area contributed by atoms with Gasteiger partial charge in [-0.2, -0.15) is 0 Å². The Morgan fingerprint density at radius 1 is 1.62 bits per heavy atom. The zero-order valence-electron chi connectivity index (χ0n) is 6.17. The van der Waals surface area contributed by atoms with Crippen molar-refractivity contribution in [2.24, 2.45) is 0 Å². The Kier molecular flexibility index (Phi) is 2.92. The summed E-state index contributed by atoms with van der Waals surface area (Å²) >= 11 is 2.89. The molecular formula is C7H4BrF2NO2. The minimum Gasteiger partial charge on any atom is -0.505 e. The molecule has 0 aliphatic rings. The van der Waals surface area contributed by atoms with Crippen LogP contribution in [0, 0.1) is 0 Å². The van der Waals surface area contributed by atoms with E-state index in [0.29, 0.717) is 0 Å². The van der Waals surface area contributed by atoms with Gasteiger partial charge in [0.1, 0.15) is 5.69 Å². The zero-order valence-corrected chi connectivity index (χ0v) is 7.75. The zero-order chi connectivity index (χ0) is 10.0. The topological polar surface area (TPSA) is 50.2 Å². The number of carbonyl (C=O) groups is 1. The number of aldehydes is 1. The van der Waals surface area contributed by atoms with Crippen LogP contribution in [0.2, 0.25) is 0 Å². The van der Waals surface area contributed by atoms with Crippen molar-refractivity contribution in [2.75, 3.05) is 0 Å². The van der Waals surface area contributed by atoms with Crippen LogP contribution in [-0.4, -0.2) is 16.4 Å². The molecule has 0 aliphatic carbocycles. The Labute approximate surface area is 80.5 Å². The molecule has 1 rings (SSSR count). The van der Waals surface area contributed by atoms with Crippen molar-refractivity contribution < 1.29 is 18.7 Å². The summed E-state index contributed by atoms with van der Waals surface area (Å²) in [6.45, 7) is 0. The number of aromatic hydroxyl groups is 1. The fourth-order valence-electron chi connectivity index (χ4n) is 0.780. The molecule has 13 heavy (non-hydrogen) atoms. The van der Waals surface area contributed by atoms with E-state index in [0.717, 1.165) is 6.20 Å². The monoisotopic (exact) mass is 251 g/mol. The van der Waals surface area contributed by atoms with Gasteiger partial charge in [0.15, 0.2) is 12.0 Å². The molecule has 1 aromatic heterocycles. The minimum absolute atomic E-state index is 0.185. The normalized spacial score (nSPS) is 10.5. The molecule has 0 saturated carbocycles. The molecular weight excluding hydrogens is 248 g/mol. The third-order valence-corrected chi connectivity index (χ3v) is 2.03. The molecule has 3 nitrogen and oxygen atoms in total. The number of halogens is 3. The number of rotatable bonds is 2. The Morgan fingerprint density at radius 2 is 2.23 bits per heavy atom. The second kappa shape index (κ2) is 3.78. The quantitative estimate of drug-likeness (QED) is 0.821. The second-order valence-electron chi connectivity index (χ2n) is 2.17. The Balaban J connectivity index is 3.35. The molecule has 70 valence electrons. The van der Waals surface area contributed by atoms with Crippen molar-refractivity contribution in [3.63, 3.8) is 0 Å². The molecule has 0 atom stereocenters. The molecule has 0 aromatic carbocycles. The van der Waals surface area contributed by atoms with Crippen LogP contribution in [0.3, 0.4) is 0 Å². The SMILES string of the molecule is O=Cc1c(Br)cnc(C(F)F)c1O. The van der Waals surface area contributed by atoms with E-state index in [4.69, 9.17) is 5.11 Å². The fraction of sp³-hybridized carbons (Fsp3) is 0.143. The van der Waals surface area contributed by atoms with Crippen LogP contribution >= 0.6 is 15.9 Å². The first-order valence-corrected chi connectivity index (χ1v) is 3.98. The summed E-state index contributed by atoms with van der Waals surface area (Å²) in [5.41, 5.74) is -1.00. The van der Waals surface area contributed by atoms with Crippen LogP contribution in [0.1, 0.15) is 22.5 Å². The Morgan fingerprint density at radius 3 is 2.69 bits per heavy atom. The first-order chi connectivity index (χ1) is 6.07. The van der Waals surface area contributed by atoms with Gasteiger partial charge in [0.05, 0.1) is 10.0 Å². The van der Waals surface area contributed by atoms with E-state index in [1.54, 1.807) is 0 Å². The standard InChI is InChI=1S/C7H4BrF2NO2/c8-4-1-11-5(7(9)10)6(13)3(4)2-12/h1-2,7,13H. The van der Waals surface area contributed by atoms with E-state index >= 15 is 0 Å². The molecule has 0 spiro atoms. The molecule has 1 heterocycles. The third kappa shape index (κ3) is 1.82. The minimum atomic E-state index is -2.90. The lowest BCUT2D eigenvalue weighted by Gasteiger charge is -2.05. The van der Waals surface area contributed by atoms with Crippen LogP contribution in [0.5, 0.6) is 5.75 Å². The summed E-state index contributed by atoms with van der Waals surface area (Å²) < 4.78 is 24.4. The smallest absolute Gasteiger partial charge is 0.284 e. The number of hydrogen-bond donors (Lipinski definition) is 1. The molecule has 0 unspecified atom stereocenters. The highest BCUT2D eigenvalue weighted by Gasteiger charge is 2.19. The van der Waals surface area contributed by atoms with Crippen LogP contribution < -0.4 is 0 Å². The largest absolute Gasteiger partial charge is 0.505 e. The van der Waals surface area contributed by atoms with E-state index in [-0.39, 0.29) is 16.3 Å².